The monoisotopic (exact) mass is 1840 g/mol. The van der Waals surface area contributed by atoms with Gasteiger partial charge in [0.1, 0.15) is 30.0 Å². The maximum absolute atomic E-state index is 14.8. The van der Waals surface area contributed by atoms with Gasteiger partial charge in [-0.2, -0.15) is 0 Å². The zero-order valence-electron chi connectivity index (χ0n) is 79.6. The summed E-state index contributed by atoms with van der Waals surface area (Å²) < 4.78 is 75.3. The second-order valence-electron chi connectivity index (χ2n) is 36.1. The molecule has 33 nitrogen and oxygen atoms in total. The molecular formula is C99H143N11O22. The number of aromatic nitrogens is 7. The van der Waals surface area contributed by atoms with Crippen LogP contribution in [-0.4, -0.2) is 295 Å². The highest BCUT2D eigenvalue weighted by Gasteiger charge is 2.53. The summed E-state index contributed by atoms with van der Waals surface area (Å²) in [5.41, 5.74) is 9.16. The molecule has 4 aliphatic heterocycles. The Morgan fingerprint density at radius 3 is 2.08 bits per heavy atom. The Bertz CT molecular complexity index is 4890. The number of pyridine rings is 2. The minimum absolute atomic E-state index is 0.00538. The van der Waals surface area contributed by atoms with Crippen LogP contribution in [0, 0.1) is 42.4 Å². The van der Waals surface area contributed by atoms with Gasteiger partial charge in [-0.15, -0.1) is 5.10 Å². The number of ketones is 1. The highest BCUT2D eigenvalue weighted by atomic mass is 16.6. The fourth-order valence-corrected chi connectivity index (χ4v) is 18.5. The SMILES string of the molecule is COc1ccc(-c2ccc3ncc4c(c3c2)n(-c2ccc(N3CCN(C(=O)CCOCCCCOCCOCCOCCOCCOCCn5cc(CON=C6[C@H](C)C[C@H](C)/C=C/C=C/C=C(\C)[C@@H](OC)C[C@@H]7CC[C@@H](C)[C@@](O)(O7)C(=O)C(=O)N7CCCC[C@H]7C(=O)O[C@H]([C@H](C)C[C@@H]7CC[C@@H](O)[C@H](OC)C7)C[C@@H](O)[C@H](C)/C=C(\C)[C@@H](O)[C@H]6OC)nn5)CC3)c(C)c2)c(=O)n4C)cn1. The van der Waals surface area contributed by atoms with Gasteiger partial charge in [-0.05, 0) is 174 Å². The number of aliphatic hydroxyl groups excluding tert-OH is 3. The van der Waals surface area contributed by atoms with Crippen LogP contribution >= 0.6 is 0 Å². The van der Waals surface area contributed by atoms with E-state index in [1.54, 1.807) is 80.7 Å². The molecule has 4 aromatic heterocycles. The first-order valence-electron chi connectivity index (χ1n) is 47.2. The van der Waals surface area contributed by atoms with Gasteiger partial charge in [0.15, 0.2) is 6.61 Å². The second-order valence-corrected chi connectivity index (χ2v) is 36.1. The number of hydrogen-bond donors (Lipinski definition) is 4. The van der Waals surface area contributed by atoms with E-state index in [9.17, 15) is 44.4 Å². The number of anilines is 1. The molecule has 0 radical (unpaired) electrons. The summed E-state index contributed by atoms with van der Waals surface area (Å²) in [4.78, 5) is 91.5. The number of piperazine rings is 1. The lowest BCUT2D eigenvalue weighted by atomic mass is 9.78. The van der Waals surface area contributed by atoms with Gasteiger partial charge in [-0.1, -0.05) is 87.5 Å². The summed E-state index contributed by atoms with van der Waals surface area (Å²) in [5.74, 6) is -6.55. The molecule has 1 saturated carbocycles. The average molecular weight is 1840 g/mol. The topological polar surface area (TPSA) is 375 Å². The standard InChI is InChI=1S/C99H143N11O22/c1-65-21-15-14-16-22-66(2)86(120-10)59-78-29-24-72(8)99(119,132-78)95(115)96(116)109-35-18-17-23-82(109)97(117)131-87(69(5)55-73-25-32-84(111)88(57-73)121-11)60-85(112)68(4)54-71(7)93(114)94(123-13)91(70(6)53-65)103-130-64-76-63-108(104-102-76)40-44-126-46-48-128-50-52-129-51-49-127-47-45-125-42-20-19-41-124-43-34-90(113)107-38-36-106(37-39-107)81-31-28-77(56-67(81)3)110-92-79-58-74(75-27-33-89(122-12)101-61-75)26-30-80(79)100-62-83(92)105(9)98(110)118/h14-16,21-22,26-28,30-31,33,54,56,58,61-63,65,68-70,72-73,78,82,84-88,93-94,111-112,114,119H,17-20,23-25,29,32,34-53,55,57,59-60,64H2,1-13H3/b16-14+,21-15+,66-22+,71-54+,103-91?/t65-,68-,69-,70-,72-,73+,78+,82+,84-,85-,86+,87+,88-,93-,94+,99-/m1/s1. The van der Waals surface area contributed by atoms with Crippen LogP contribution in [0.2, 0.25) is 0 Å². The third-order valence-corrected chi connectivity index (χ3v) is 26.5. The third-order valence-electron chi connectivity index (χ3n) is 26.5. The van der Waals surface area contributed by atoms with Crippen molar-refractivity contribution in [1.29, 1.82) is 0 Å². The van der Waals surface area contributed by atoms with Gasteiger partial charge in [0.25, 0.3) is 11.7 Å². The minimum atomic E-state index is -2.45. The van der Waals surface area contributed by atoms with Gasteiger partial charge in [0.05, 0.1) is 157 Å². The van der Waals surface area contributed by atoms with Crippen molar-refractivity contribution in [2.45, 2.75) is 226 Å². The van der Waals surface area contributed by atoms with Crippen LogP contribution in [-0.2, 0) is 96.3 Å². The van der Waals surface area contributed by atoms with Crippen molar-refractivity contribution in [1.82, 2.24) is 43.9 Å². The number of carbonyl (C=O) groups is 4. The number of cyclic esters (lactones) is 1. The van der Waals surface area contributed by atoms with Gasteiger partial charge in [-0.25, -0.2) is 19.3 Å². The number of methoxy groups -OCH3 is 4. The van der Waals surface area contributed by atoms with Crippen molar-refractivity contribution in [2.75, 3.05) is 145 Å². The maximum atomic E-state index is 14.8. The number of benzene rings is 2. The number of aliphatic hydroxyl groups is 4. The number of amides is 2. The van der Waals surface area contributed by atoms with Gasteiger partial charge in [-0.3, -0.25) is 28.5 Å². The van der Waals surface area contributed by atoms with Crippen LogP contribution in [0.15, 0.2) is 125 Å². The molecule has 132 heavy (non-hydrogen) atoms. The van der Waals surface area contributed by atoms with Gasteiger partial charge >= 0.3 is 11.7 Å². The molecule has 8 heterocycles. The molecule has 16 atom stereocenters. The van der Waals surface area contributed by atoms with Crippen LogP contribution in [0.1, 0.15) is 156 Å². The molecule has 4 fully saturated rings. The van der Waals surface area contributed by atoms with Crippen molar-refractivity contribution in [3.8, 4) is 22.7 Å². The quantitative estimate of drug-likeness (QED) is 0.00933. The van der Waals surface area contributed by atoms with Crippen LogP contribution in [0.4, 0.5) is 5.69 Å². The van der Waals surface area contributed by atoms with Gasteiger partial charge < -0.3 is 96.8 Å². The summed E-state index contributed by atoms with van der Waals surface area (Å²) >= 11 is 0. The fraction of sp³-hybridized carbons (Fsp3) is 0.636. The van der Waals surface area contributed by atoms with Gasteiger partial charge in [0.2, 0.25) is 17.6 Å². The number of fused-ring (bicyclic) bond motifs is 6. The summed E-state index contributed by atoms with van der Waals surface area (Å²) in [6.45, 7) is 23.5. The predicted octanol–water partition coefficient (Wildman–Crippen LogP) is 10.8. The molecule has 2 aromatic carbocycles. The van der Waals surface area contributed by atoms with E-state index >= 15 is 0 Å². The number of ether oxygens (including phenoxy) is 12. The lowest BCUT2D eigenvalue weighted by molar-refractivity contribution is -0.265. The zero-order chi connectivity index (χ0) is 94.4. The number of nitrogens with zero attached hydrogens (tertiary/aromatic N) is 11. The summed E-state index contributed by atoms with van der Waals surface area (Å²) in [6.07, 6.45) is 18.0. The normalized spacial score (nSPS) is 27.5. The van der Waals surface area contributed by atoms with Crippen LogP contribution in [0.3, 0.4) is 0 Å². The Labute approximate surface area is 776 Å². The number of Topliss-reactive ketones (excluding diaryl/α,β-unsaturated/α-hetero) is 1. The van der Waals surface area contributed by atoms with Gasteiger partial charge in [0, 0.05) is 134 Å². The third kappa shape index (κ3) is 28.3. The van der Waals surface area contributed by atoms with Crippen LogP contribution in [0.25, 0.3) is 38.8 Å². The van der Waals surface area contributed by atoms with Crippen molar-refractivity contribution in [3.05, 3.63) is 136 Å². The number of oxime groups is 1. The molecule has 3 saturated heterocycles. The van der Waals surface area contributed by atoms with Crippen molar-refractivity contribution in [3.63, 3.8) is 0 Å². The van der Waals surface area contributed by atoms with E-state index in [4.69, 9.17) is 66.7 Å². The molecular weight excluding hydrogens is 1700 g/mol. The van der Waals surface area contributed by atoms with E-state index < -0.39 is 84.1 Å². The predicted molar refractivity (Wildman–Crippen MR) is 499 cm³/mol. The second kappa shape index (κ2) is 51.6. The molecule has 6 aromatic rings. The summed E-state index contributed by atoms with van der Waals surface area (Å²) in [7, 11) is 8.03. The fourth-order valence-electron chi connectivity index (χ4n) is 18.5. The molecule has 726 valence electrons. The Balaban J connectivity index is 0.568. The molecule has 4 N–H and O–H groups in total. The highest BCUT2D eigenvalue weighted by Crippen LogP contribution is 2.40. The first kappa shape index (κ1) is 103. The van der Waals surface area contributed by atoms with Crippen molar-refractivity contribution < 1.29 is 101 Å². The molecule has 0 unspecified atom stereocenters. The number of rotatable bonds is 36. The highest BCUT2D eigenvalue weighted by molar-refractivity contribution is 6.39. The lowest BCUT2D eigenvalue weighted by Crippen LogP contribution is -2.61. The molecule has 2 amide bonds. The molecule has 11 rings (SSSR count). The number of esters is 1. The van der Waals surface area contributed by atoms with E-state index in [0.29, 0.717) is 199 Å². The molecule has 1 aliphatic carbocycles. The first-order valence-corrected chi connectivity index (χ1v) is 47.2. The maximum Gasteiger partial charge on any atom is 0.333 e. The number of aryl methyl sites for hydroxylation is 2. The number of hydrogen-bond acceptors (Lipinski definition) is 28. The molecule has 0 spiro atoms. The molecule has 2 bridgehead atoms. The minimum Gasteiger partial charge on any atom is -0.481 e. The number of piperidine rings is 1. The number of unbranched alkanes of at least 4 members (excludes halogenated alkanes) is 1. The summed E-state index contributed by atoms with van der Waals surface area (Å²) in [5, 5.41) is 61.6. The molecule has 5 aliphatic rings. The zero-order valence-corrected chi connectivity index (χ0v) is 79.6. The molecule has 33 heteroatoms. The Hall–Kier alpha value is -9.04. The lowest BCUT2D eigenvalue weighted by Gasteiger charge is -2.43. The first-order chi connectivity index (χ1) is 63.7. The Morgan fingerprint density at radius 2 is 1.39 bits per heavy atom. The Morgan fingerprint density at radius 1 is 0.689 bits per heavy atom. The van der Waals surface area contributed by atoms with Crippen molar-refractivity contribution >= 4 is 56.9 Å². The van der Waals surface area contributed by atoms with E-state index in [1.165, 1.54) is 12.0 Å². The van der Waals surface area contributed by atoms with E-state index in [1.807, 2.05) is 87.2 Å². The number of allylic oxidation sites excluding steroid dienone is 5. The Kier molecular flexibility index (Phi) is 40.4. The number of imidazole rings is 1. The van der Waals surface area contributed by atoms with E-state index in [-0.39, 0.29) is 67.4 Å². The van der Waals surface area contributed by atoms with Crippen LogP contribution < -0.4 is 15.3 Å². The average Bonchev–Trinajstić information content (AvgIpc) is 1.59. The van der Waals surface area contributed by atoms with Crippen LogP contribution in [0.5, 0.6) is 5.88 Å². The summed E-state index contributed by atoms with van der Waals surface area (Å²) in [6, 6.07) is 14.8. The van der Waals surface area contributed by atoms with Crippen molar-refractivity contribution in [2.24, 2.45) is 47.7 Å². The smallest absolute Gasteiger partial charge is 0.333 e. The number of carbonyl (C=O) groups excluding carboxylic acids is 4. The van der Waals surface area contributed by atoms with E-state index in [0.717, 1.165) is 74.8 Å². The largest absolute Gasteiger partial charge is 0.481 e. The van der Waals surface area contributed by atoms with E-state index in [2.05, 4.69) is 63.5 Å².